The van der Waals surface area contributed by atoms with Gasteiger partial charge in [-0.3, -0.25) is 0 Å². The van der Waals surface area contributed by atoms with E-state index in [0.29, 0.717) is 12.5 Å². The van der Waals surface area contributed by atoms with Crippen LogP contribution in [0.5, 0.6) is 0 Å². The summed E-state index contributed by atoms with van der Waals surface area (Å²) in [5, 5.41) is 29.0. The summed E-state index contributed by atoms with van der Waals surface area (Å²) in [6, 6.07) is 0. The number of aliphatic hydroxyl groups is 2. The van der Waals surface area contributed by atoms with E-state index in [-0.39, 0.29) is 26.3 Å². The van der Waals surface area contributed by atoms with Crippen molar-refractivity contribution in [1.82, 2.24) is 0 Å². The molecule has 0 aliphatic heterocycles. The van der Waals surface area contributed by atoms with Crippen molar-refractivity contribution in [3.63, 3.8) is 0 Å². The second kappa shape index (κ2) is 5.48. The van der Waals surface area contributed by atoms with Gasteiger partial charge < -0.3 is 20.1 Å². The molecule has 74 valence electrons. The van der Waals surface area contributed by atoms with E-state index in [1.807, 2.05) is 13.8 Å². The van der Waals surface area contributed by atoms with Gasteiger partial charge in [0.1, 0.15) is 13.1 Å². The molecular weight excluding hydrogens is 158 g/mol. The van der Waals surface area contributed by atoms with E-state index in [9.17, 15) is 5.21 Å². The Morgan fingerprint density at radius 1 is 1.17 bits per heavy atom. The maximum Gasteiger partial charge on any atom is 0.102 e. The van der Waals surface area contributed by atoms with Gasteiger partial charge in [0.25, 0.3) is 0 Å². The lowest BCUT2D eigenvalue weighted by Gasteiger charge is -2.43. The van der Waals surface area contributed by atoms with Gasteiger partial charge in [0.2, 0.25) is 0 Å². The molecule has 0 bridgehead atoms. The maximum atomic E-state index is 11.7. The van der Waals surface area contributed by atoms with Crippen molar-refractivity contribution in [2.75, 3.05) is 32.8 Å². The highest BCUT2D eigenvalue weighted by molar-refractivity contribution is 4.48. The number of nitrogens with zero attached hydrogens (tertiary/aromatic N) is 1. The van der Waals surface area contributed by atoms with Crippen LogP contribution in [0.15, 0.2) is 0 Å². The monoisotopic (exact) mass is 177 g/mol. The normalized spacial score (nSPS) is 12.5. The van der Waals surface area contributed by atoms with Gasteiger partial charge >= 0.3 is 0 Å². The Balaban J connectivity index is 3.98. The highest BCUT2D eigenvalue weighted by atomic mass is 16.5. The topological polar surface area (TPSA) is 63.5 Å². The SMILES string of the molecule is CC(C)C[N+]([O-])(CCO)CCO. The molecule has 0 unspecified atom stereocenters. The minimum absolute atomic E-state index is 0.115. The number of rotatable bonds is 6. The molecule has 0 saturated carbocycles. The first kappa shape index (κ1) is 11.8. The number of hydrogen-bond donors (Lipinski definition) is 2. The zero-order chi connectivity index (χ0) is 9.61. The van der Waals surface area contributed by atoms with E-state index in [2.05, 4.69) is 0 Å². The molecule has 0 amide bonds. The van der Waals surface area contributed by atoms with E-state index in [1.54, 1.807) is 0 Å². The minimum Gasteiger partial charge on any atom is -0.633 e. The van der Waals surface area contributed by atoms with Crippen LogP contribution in [0.3, 0.4) is 0 Å². The first-order chi connectivity index (χ1) is 5.54. The van der Waals surface area contributed by atoms with Gasteiger partial charge in [-0.1, -0.05) is 13.8 Å². The Labute approximate surface area is 73.6 Å². The molecule has 0 radical (unpaired) electrons. The first-order valence-corrected chi connectivity index (χ1v) is 4.33. The Hall–Kier alpha value is -0.160. The first-order valence-electron chi connectivity index (χ1n) is 4.33. The number of quaternary nitrogens is 1. The van der Waals surface area contributed by atoms with Crippen molar-refractivity contribution in [2.24, 2.45) is 5.92 Å². The molecule has 2 N–H and O–H groups in total. The molecule has 0 aromatic rings. The summed E-state index contributed by atoms with van der Waals surface area (Å²) in [7, 11) is 0. The third-order valence-corrected chi connectivity index (χ3v) is 1.71. The van der Waals surface area contributed by atoms with Gasteiger partial charge in [0.05, 0.1) is 19.8 Å². The fourth-order valence-electron chi connectivity index (χ4n) is 1.32. The zero-order valence-corrected chi connectivity index (χ0v) is 7.86. The third kappa shape index (κ3) is 4.66. The Kier molecular flexibility index (Phi) is 5.41. The highest BCUT2D eigenvalue weighted by Crippen LogP contribution is 2.08. The van der Waals surface area contributed by atoms with Crippen molar-refractivity contribution < 1.29 is 14.9 Å². The average Bonchev–Trinajstić information content (AvgIpc) is 1.85. The molecule has 0 atom stereocenters. The molecule has 0 aliphatic carbocycles. The summed E-state index contributed by atoms with van der Waals surface area (Å²) in [4.78, 5) is 0. The molecule has 0 aliphatic rings. The van der Waals surface area contributed by atoms with E-state index in [1.165, 1.54) is 0 Å². The minimum atomic E-state index is -0.481. The van der Waals surface area contributed by atoms with Gasteiger partial charge in [0.15, 0.2) is 0 Å². The van der Waals surface area contributed by atoms with Crippen molar-refractivity contribution in [3.05, 3.63) is 5.21 Å². The van der Waals surface area contributed by atoms with Crippen molar-refractivity contribution in [1.29, 1.82) is 0 Å². The summed E-state index contributed by atoms with van der Waals surface area (Å²) in [6.45, 7) is 4.50. The average molecular weight is 177 g/mol. The van der Waals surface area contributed by atoms with Crippen molar-refractivity contribution >= 4 is 0 Å². The van der Waals surface area contributed by atoms with Gasteiger partial charge in [-0.2, -0.15) is 0 Å². The molecular formula is C8H19NO3. The van der Waals surface area contributed by atoms with Crippen molar-refractivity contribution in [2.45, 2.75) is 13.8 Å². The molecule has 0 rings (SSSR count). The van der Waals surface area contributed by atoms with Crippen LogP contribution >= 0.6 is 0 Å². The quantitative estimate of drug-likeness (QED) is 0.441. The molecule has 4 heteroatoms. The number of hydroxylamine groups is 3. The van der Waals surface area contributed by atoms with Crippen LogP contribution in [-0.4, -0.2) is 47.7 Å². The molecule has 0 fully saturated rings. The standard InChI is InChI=1S/C8H19NO3/c1-8(2)7-9(12,3-5-10)4-6-11/h8,10-11H,3-7H2,1-2H3. The summed E-state index contributed by atoms with van der Waals surface area (Å²) < 4.78 is -0.481. The predicted octanol–water partition coefficient (Wildman–Crippen LogP) is -0.0584. The fourth-order valence-corrected chi connectivity index (χ4v) is 1.32. The largest absolute Gasteiger partial charge is 0.633 e. The fraction of sp³-hybridized carbons (Fsp3) is 1.00. The predicted molar refractivity (Wildman–Crippen MR) is 47.2 cm³/mol. The lowest BCUT2D eigenvalue weighted by atomic mass is 10.2. The molecule has 0 heterocycles. The Morgan fingerprint density at radius 3 is 1.83 bits per heavy atom. The molecule has 4 nitrogen and oxygen atoms in total. The Bertz CT molecular complexity index is 111. The van der Waals surface area contributed by atoms with Crippen LogP contribution in [0.2, 0.25) is 0 Å². The van der Waals surface area contributed by atoms with Crippen LogP contribution < -0.4 is 0 Å². The van der Waals surface area contributed by atoms with E-state index < -0.39 is 4.65 Å². The number of hydrogen-bond acceptors (Lipinski definition) is 3. The summed E-state index contributed by atoms with van der Waals surface area (Å²) in [5.74, 6) is 0.292. The van der Waals surface area contributed by atoms with Gasteiger partial charge in [-0.15, -0.1) is 0 Å². The second-order valence-corrected chi connectivity index (χ2v) is 3.53. The van der Waals surface area contributed by atoms with Crippen LogP contribution in [0, 0.1) is 11.1 Å². The smallest absolute Gasteiger partial charge is 0.102 e. The summed E-state index contributed by atoms with van der Waals surface area (Å²) >= 11 is 0. The molecule has 0 aromatic carbocycles. The van der Waals surface area contributed by atoms with Gasteiger partial charge in [0, 0.05) is 5.92 Å². The number of aliphatic hydroxyl groups excluding tert-OH is 2. The zero-order valence-electron chi connectivity index (χ0n) is 7.86. The summed E-state index contributed by atoms with van der Waals surface area (Å²) in [5.41, 5.74) is 0. The van der Waals surface area contributed by atoms with Crippen LogP contribution in [0.1, 0.15) is 13.8 Å². The molecule has 0 aromatic heterocycles. The third-order valence-electron chi connectivity index (χ3n) is 1.71. The maximum absolute atomic E-state index is 11.7. The molecule has 0 saturated heterocycles. The van der Waals surface area contributed by atoms with Gasteiger partial charge in [-0.25, -0.2) is 0 Å². The van der Waals surface area contributed by atoms with Crippen LogP contribution in [0.25, 0.3) is 0 Å². The van der Waals surface area contributed by atoms with Crippen molar-refractivity contribution in [3.8, 4) is 0 Å². The highest BCUT2D eigenvalue weighted by Gasteiger charge is 2.16. The molecule has 0 spiro atoms. The van der Waals surface area contributed by atoms with Crippen LogP contribution in [-0.2, 0) is 0 Å². The van der Waals surface area contributed by atoms with E-state index >= 15 is 0 Å². The second-order valence-electron chi connectivity index (χ2n) is 3.53. The lowest BCUT2D eigenvalue weighted by Crippen LogP contribution is -2.48. The Morgan fingerprint density at radius 2 is 1.58 bits per heavy atom. The van der Waals surface area contributed by atoms with E-state index in [4.69, 9.17) is 10.2 Å². The van der Waals surface area contributed by atoms with Gasteiger partial charge in [-0.05, 0) is 0 Å². The van der Waals surface area contributed by atoms with E-state index in [0.717, 1.165) is 0 Å². The molecule has 12 heavy (non-hydrogen) atoms. The van der Waals surface area contributed by atoms with Crippen LogP contribution in [0.4, 0.5) is 0 Å². The lowest BCUT2D eigenvalue weighted by molar-refractivity contribution is -0.884. The summed E-state index contributed by atoms with van der Waals surface area (Å²) in [6.07, 6.45) is 0.